The van der Waals surface area contributed by atoms with Crippen molar-refractivity contribution in [3.8, 4) is 22.5 Å². The molecule has 0 aliphatic heterocycles. The molecule has 0 bridgehead atoms. The summed E-state index contributed by atoms with van der Waals surface area (Å²) in [6, 6.07) is 12.5. The van der Waals surface area contributed by atoms with Crippen LogP contribution in [0, 0.1) is 6.92 Å². The maximum atomic E-state index is 12.4. The van der Waals surface area contributed by atoms with E-state index in [0.29, 0.717) is 23.6 Å². The highest BCUT2D eigenvalue weighted by Crippen LogP contribution is 2.50. The minimum Gasteiger partial charge on any atom is -0.468 e. The normalized spacial score (nSPS) is 15.5. The molecular formula is C26H25NO5. The van der Waals surface area contributed by atoms with Crippen molar-refractivity contribution in [1.82, 2.24) is 5.16 Å². The van der Waals surface area contributed by atoms with Crippen LogP contribution in [-0.2, 0) is 32.5 Å². The van der Waals surface area contributed by atoms with Crippen LogP contribution < -0.4 is 0 Å². The van der Waals surface area contributed by atoms with E-state index in [1.165, 1.54) is 29.4 Å². The molecule has 2 aliphatic carbocycles. The fourth-order valence-electron chi connectivity index (χ4n) is 4.78. The van der Waals surface area contributed by atoms with E-state index in [1.54, 1.807) is 13.8 Å². The van der Waals surface area contributed by atoms with E-state index in [-0.39, 0.29) is 5.97 Å². The maximum absolute atomic E-state index is 12.4. The summed E-state index contributed by atoms with van der Waals surface area (Å²) in [6.45, 7) is 3.81. The van der Waals surface area contributed by atoms with Gasteiger partial charge in [0, 0.05) is 5.56 Å². The minimum absolute atomic E-state index is 0.141. The van der Waals surface area contributed by atoms with Crippen molar-refractivity contribution in [2.24, 2.45) is 0 Å². The molecule has 5 rings (SSSR count). The zero-order valence-corrected chi connectivity index (χ0v) is 18.5. The predicted octanol–water partition coefficient (Wildman–Crippen LogP) is 4.80. The van der Waals surface area contributed by atoms with Crippen LogP contribution in [0.15, 0.2) is 40.9 Å². The van der Waals surface area contributed by atoms with Crippen molar-refractivity contribution in [2.75, 3.05) is 13.7 Å². The van der Waals surface area contributed by atoms with Gasteiger partial charge in [-0.25, -0.2) is 4.79 Å². The van der Waals surface area contributed by atoms with Gasteiger partial charge in [0.2, 0.25) is 0 Å². The van der Waals surface area contributed by atoms with Crippen LogP contribution in [0.2, 0.25) is 0 Å². The molecule has 0 spiro atoms. The molecule has 0 amide bonds. The third kappa shape index (κ3) is 3.13. The topological polar surface area (TPSA) is 78.6 Å². The number of methoxy groups -OCH3 is 1. The van der Waals surface area contributed by atoms with E-state index in [2.05, 4.69) is 35.5 Å². The zero-order chi connectivity index (χ0) is 22.5. The van der Waals surface area contributed by atoms with E-state index in [0.717, 1.165) is 36.8 Å². The van der Waals surface area contributed by atoms with Gasteiger partial charge >= 0.3 is 11.9 Å². The van der Waals surface area contributed by atoms with Crippen LogP contribution >= 0.6 is 0 Å². The Morgan fingerprint density at radius 1 is 1.06 bits per heavy atom. The predicted molar refractivity (Wildman–Crippen MR) is 118 cm³/mol. The number of hydrogen-bond donors (Lipinski definition) is 0. The second-order valence-corrected chi connectivity index (χ2v) is 8.51. The first-order valence-corrected chi connectivity index (χ1v) is 11.0. The second kappa shape index (κ2) is 7.62. The Hall–Kier alpha value is -3.41. The largest absolute Gasteiger partial charge is 0.468 e. The van der Waals surface area contributed by atoms with Crippen LogP contribution in [0.25, 0.3) is 22.5 Å². The molecule has 3 aromatic rings. The number of esters is 2. The van der Waals surface area contributed by atoms with E-state index < -0.39 is 11.4 Å². The van der Waals surface area contributed by atoms with Crippen LogP contribution in [-0.4, -0.2) is 30.8 Å². The number of benzene rings is 2. The highest BCUT2D eigenvalue weighted by Gasteiger charge is 2.52. The van der Waals surface area contributed by atoms with Crippen LogP contribution in [0.3, 0.4) is 0 Å². The van der Waals surface area contributed by atoms with Crippen molar-refractivity contribution in [3.63, 3.8) is 0 Å². The molecule has 0 unspecified atom stereocenters. The number of carbonyl (C=O) groups is 2. The quantitative estimate of drug-likeness (QED) is 0.540. The molecule has 6 nitrogen and oxygen atoms in total. The first-order chi connectivity index (χ1) is 15.5. The molecular weight excluding hydrogens is 406 g/mol. The molecule has 6 heteroatoms. The maximum Gasteiger partial charge on any atom is 0.344 e. The van der Waals surface area contributed by atoms with E-state index in [4.69, 9.17) is 14.0 Å². The number of rotatable bonds is 5. The van der Waals surface area contributed by atoms with Gasteiger partial charge < -0.3 is 14.0 Å². The summed E-state index contributed by atoms with van der Waals surface area (Å²) in [5, 5.41) is 3.99. The molecule has 1 fully saturated rings. The third-order valence-corrected chi connectivity index (χ3v) is 6.65. The van der Waals surface area contributed by atoms with Gasteiger partial charge in [-0.2, -0.15) is 0 Å². The Morgan fingerprint density at radius 2 is 1.75 bits per heavy atom. The molecule has 0 saturated heterocycles. The Labute approximate surface area is 186 Å². The Kier molecular flexibility index (Phi) is 4.88. The smallest absolute Gasteiger partial charge is 0.344 e. The van der Waals surface area contributed by atoms with Crippen LogP contribution in [0.5, 0.6) is 0 Å². The van der Waals surface area contributed by atoms with Crippen molar-refractivity contribution in [2.45, 2.75) is 44.9 Å². The van der Waals surface area contributed by atoms with Gasteiger partial charge in [-0.15, -0.1) is 0 Å². The number of ether oxygens (including phenoxy) is 2. The lowest BCUT2D eigenvalue weighted by Crippen LogP contribution is -2.22. The fraction of sp³-hybridized carbons (Fsp3) is 0.346. The highest BCUT2D eigenvalue weighted by atomic mass is 16.5. The summed E-state index contributed by atoms with van der Waals surface area (Å²) in [5.41, 5.74) is 7.11. The van der Waals surface area contributed by atoms with E-state index >= 15 is 0 Å². The van der Waals surface area contributed by atoms with Gasteiger partial charge in [0.15, 0.2) is 5.76 Å². The van der Waals surface area contributed by atoms with Crippen molar-refractivity contribution >= 4 is 11.9 Å². The lowest BCUT2D eigenvalue weighted by molar-refractivity contribution is -0.143. The number of fused-ring (bicyclic) bond motifs is 3. The first-order valence-electron chi connectivity index (χ1n) is 11.0. The molecule has 0 radical (unpaired) electrons. The standard InChI is InChI=1S/C26H25NO5/c1-4-31-24(28)22-15(2)27-32-23(22)18-7-9-20-16(13-18)5-6-17-14-19(8-10-21(17)20)26(11-12-26)25(29)30-3/h7-10,13-14H,4-6,11-12H2,1-3H3. The summed E-state index contributed by atoms with van der Waals surface area (Å²) in [4.78, 5) is 24.7. The Balaban J connectivity index is 1.51. The summed E-state index contributed by atoms with van der Waals surface area (Å²) in [7, 11) is 1.46. The summed E-state index contributed by atoms with van der Waals surface area (Å²) in [5.74, 6) is -0.117. The second-order valence-electron chi connectivity index (χ2n) is 8.51. The highest BCUT2D eigenvalue weighted by molar-refractivity contribution is 5.97. The molecule has 1 aromatic heterocycles. The molecule has 2 aliphatic rings. The molecule has 0 atom stereocenters. The molecule has 1 heterocycles. The minimum atomic E-state index is -0.457. The number of carbonyl (C=O) groups excluding carboxylic acids is 2. The van der Waals surface area contributed by atoms with Crippen molar-refractivity contribution < 1.29 is 23.6 Å². The lowest BCUT2D eigenvalue weighted by Gasteiger charge is -2.23. The third-order valence-electron chi connectivity index (χ3n) is 6.65. The summed E-state index contributed by atoms with van der Waals surface area (Å²) in [6.07, 6.45) is 3.44. The van der Waals surface area contributed by atoms with Gasteiger partial charge in [0.05, 0.1) is 24.8 Å². The average molecular weight is 431 g/mol. The number of aryl methyl sites for hydroxylation is 3. The van der Waals surface area contributed by atoms with Crippen molar-refractivity contribution in [1.29, 1.82) is 0 Å². The van der Waals surface area contributed by atoms with E-state index in [1.807, 2.05) is 6.07 Å². The average Bonchev–Trinajstić information content (AvgIpc) is 3.53. The first kappa shape index (κ1) is 20.5. The van der Waals surface area contributed by atoms with Crippen LogP contribution in [0.4, 0.5) is 0 Å². The molecule has 0 N–H and O–H groups in total. The molecule has 32 heavy (non-hydrogen) atoms. The molecule has 1 saturated carbocycles. The number of nitrogens with zero attached hydrogens (tertiary/aromatic N) is 1. The summed E-state index contributed by atoms with van der Waals surface area (Å²) < 4.78 is 15.7. The van der Waals surface area contributed by atoms with Gasteiger partial charge in [-0.05, 0) is 73.4 Å². The SMILES string of the molecule is CCOC(=O)c1c(C)noc1-c1ccc2c(c1)CCc1cc(C3(C(=O)OC)CC3)ccc1-2. The van der Waals surface area contributed by atoms with Crippen molar-refractivity contribution in [3.05, 3.63) is 64.3 Å². The molecule has 164 valence electrons. The van der Waals surface area contributed by atoms with Crippen LogP contribution in [0.1, 0.15) is 52.5 Å². The molecule has 2 aromatic carbocycles. The van der Waals surface area contributed by atoms with Gasteiger partial charge in [0.1, 0.15) is 5.56 Å². The van der Waals surface area contributed by atoms with Gasteiger partial charge in [-0.1, -0.05) is 35.5 Å². The summed E-state index contributed by atoms with van der Waals surface area (Å²) >= 11 is 0. The number of hydrogen-bond acceptors (Lipinski definition) is 6. The fourth-order valence-corrected chi connectivity index (χ4v) is 4.78. The van der Waals surface area contributed by atoms with E-state index in [9.17, 15) is 9.59 Å². The Bertz CT molecular complexity index is 1240. The van der Waals surface area contributed by atoms with Gasteiger partial charge in [0.25, 0.3) is 0 Å². The zero-order valence-electron chi connectivity index (χ0n) is 18.5. The number of aromatic nitrogens is 1. The Morgan fingerprint density at radius 3 is 2.41 bits per heavy atom. The van der Waals surface area contributed by atoms with Gasteiger partial charge in [-0.3, -0.25) is 4.79 Å². The lowest BCUT2D eigenvalue weighted by atomic mass is 9.82. The monoisotopic (exact) mass is 431 g/mol.